The van der Waals surface area contributed by atoms with Crippen molar-refractivity contribution >= 4 is 33.4 Å². The highest BCUT2D eigenvalue weighted by atomic mass is 16.5. The zero-order valence-corrected chi connectivity index (χ0v) is 16.1. The predicted molar refractivity (Wildman–Crippen MR) is 115 cm³/mol. The Morgan fingerprint density at radius 3 is 2.31 bits per heavy atom. The fourth-order valence-corrected chi connectivity index (χ4v) is 3.60. The van der Waals surface area contributed by atoms with E-state index in [4.69, 9.17) is 4.74 Å². The number of hydrogen-bond donors (Lipinski definition) is 1. The second kappa shape index (κ2) is 8.15. The average Bonchev–Trinajstić information content (AvgIpc) is 2.77. The van der Waals surface area contributed by atoms with E-state index in [9.17, 15) is 9.59 Å². The van der Waals surface area contributed by atoms with E-state index in [1.54, 1.807) is 6.07 Å². The number of carbonyl (C=O) groups is 2. The lowest BCUT2D eigenvalue weighted by atomic mass is 9.98. The van der Waals surface area contributed by atoms with Gasteiger partial charge in [0.2, 0.25) is 0 Å². The number of hydrogen-bond acceptors (Lipinski definition) is 3. The highest BCUT2D eigenvalue weighted by Crippen LogP contribution is 2.21. The van der Waals surface area contributed by atoms with Gasteiger partial charge in [-0.15, -0.1) is 0 Å². The number of carbonyl (C=O) groups excluding carboxylic acids is 2. The maximum absolute atomic E-state index is 12.9. The molecule has 29 heavy (non-hydrogen) atoms. The van der Waals surface area contributed by atoms with Gasteiger partial charge in [-0.3, -0.25) is 4.79 Å². The van der Waals surface area contributed by atoms with Crippen molar-refractivity contribution in [2.45, 2.75) is 12.5 Å². The summed E-state index contributed by atoms with van der Waals surface area (Å²) in [7, 11) is 1.33. The summed E-state index contributed by atoms with van der Waals surface area (Å²) in [5.41, 5.74) is 1.49. The zero-order chi connectivity index (χ0) is 20.2. The fourth-order valence-electron chi connectivity index (χ4n) is 3.60. The van der Waals surface area contributed by atoms with E-state index in [0.29, 0.717) is 12.0 Å². The molecule has 1 amide bonds. The summed E-state index contributed by atoms with van der Waals surface area (Å²) in [4.78, 5) is 25.2. The summed E-state index contributed by atoms with van der Waals surface area (Å²) in [6.07, 6.45) is 0.355. The first-order valence-electron chi connectivity index (χ1n) is 9.50. The van der Waals surface area contributed by atoms with Gasteiger partial charge in [0.1, 0.15) is 6.04 Å². The number of nitrogens with one attached hydrogen (secondary N) is 1. The van der Waals surface area contributed by atoms with E-state index in [-0.39, 0.29) is 5.91 Å². The molecule has 0 aliphatic heterocycles. The van der Waals surface area contributed by atoms with Crippen molar-refractivity contribution in [2.24, 2.45) is 0 Å². The van der Waals surface area contributed by atoms with Gasteiger partial charge in [0.05, 0.1) is 7.11 Å². The maximum atomic E-state index is 12.9. The topological polar surface area (TPSA) is 55.4 Å². The molecule has 0 aliphatic rings. The molecule has 0 bridgehead atoms. The molecule has 0 aromatic heterocycles. The first-order chi connectivity index (χ1) is 14.2. The van der Waals surface area contributed by atoms with Gasteiger partial charge in [-0.25, -0.2) is 4.79 Å². The van der Waals surface area contributed by atoms with E-state index in [1.165, 1.54) is 7.11 Å². The molecule has 0 radical (unpaired) electrons. The minimum atomic E-state index is -0.773. The van der Waals surface area contributed by atoms with Gasteiger partial charge in [-0.2, -0.15) is 0 Å². The second-order valence-corrected chi connectivity index (χ2v) is 6.95. The Kier molecular flexibility index (Phi) is 5.25. The van der Waals surface area contributed by atoms with Crippen molar-refractivity contribution in [3.63, 3.8) is 0 Å². The lowest BCUT2D eigenvalue weighted by Crippen LogP contribution is -2.43. The molecule has 4 nitrogen and oxygen atoms in total. The van der Waals surface area contributed by atoms with Crippen LogP contribution in [0.4, 0.5) is 0 Å². The van der Waals surface area contributed by atoms with Gasteiger partial charge in [-0.05, 0) is 39.2 Å². The van der Waals surface area contributed by atoms with E-state index in [2.05, 4.69) is 5.32 Å². The van der Waals surface area contributed by atoms with E-state index in [1.807, 2.05) is 78.9 Å². The van der Waals surface area contributed by atoms with Crippen LogP contribution < -0.4 is 5.32 Å². The molecular formula is C25H21NO3. The Hall–Kier alpha value is -3.66. The molecule has 144 valence electrons. The summed E-state index contributed by atoms with van der Waals surface area (Å²) in [6.45, 7) is 0. The van der Waals surface area contributed by atoms with Crippen molar-refractivity contribution in [2.75, 3.05) is 7.11 Å². The van der Waals surface area contributed by atoms with Gasteiger partial charge in [-0.1, -0.05) is 72.8 Å². The van der Waals surface area contributed by atoms with E-state index < -0.39 is 12.0 Å². The number of methoxy groups -OCH3 is 1. The summed E-state index contributed by atoms with van der Waals surface area (Å²) in [6, 6.07) is 26.5. The number of rotatable bonds is 5. The zero-order valence-electron chi connectivity index (χ0n) is 16.1. The molecule has 0 saturated heterocycles. The standard InChI is InChI=1S/C25H21NO3/c1-29-25(28)23(16-20-11-6-10-18-8-4-5-12-22(18)20)26-24(27)21-14-13-17-7-2-3-9-19(17)15-21/h2-15,23H,16H2,1H3,(H,26,27)/t23-/m0/s1. The first kappa shape index (κ1) is 18.7. The lowest BCUT2D eigenvalue weighted by molar-refractivity contribution is -0.142. The van der Waals surface area contributed by atoms with Crippen LogP contribution in [0.25, 0.3) is 21.5 Å². The van der Waals surface area contributed by atoms with Crippen molar-refractivity contribution in [1.82, 2.24) is 5.32 Å². The molecule has 4 aromatic carbocycles. The number of ether oxygens (including phenoxy) is 1. The molecule has 1 N–H and O–H groups in total. The Morgan fingerprint density at radius 2 is 1.52 bits per heavy atom. The minimum absolute atomic E-state index is 0.300. The van der Waals surface area contributed by atoms with Crippen LogP contribution in [0.5, 0.6) is 0 Å². The molecule has 0 spiro atoms. The molecule has 1 atom stereocenters. The highest BCUT2D eigenvalue weighted by Gasteiger charge is 2.23. The quantitative estimate of drug-likeness (QED) is 0.516. The Bertz CT molecular complexity index is 1190. The lowest BCUT2D eigenvalue weighted by Gasteiger charge is -2.18. The summed E-state index contributed by atoms with van der Waals surface area (Å²) in [5, 5.41) is 7.03. The third kappa shape index (κ3) is 3.97. The largest absolute Gasteiger partial charge is 0.467 e. The maximum Gasteiger partial charge on any atom is 0.328 e. The van der Waals surface area contributed by atoms with Crippen LogP contribution in [0.1, 0.15) is 15.9 Å². The third-order valence-electron chi connectivity index (χ3n) is 5.11. The molecule has 4 heteroatoms. The van der Waals surface area contributed by atoms with Crippen molar-refractivity contribution in [3.05, 3.63) is 96.1 Å². The average molecular weight is 383 g/mol. The monoisotopic (exact) mass is 383 g/mol. The van der Waals surface area contributed by atoms with E-state index in [0.717, 1.165) is 27.1 Å². The fraction of sp³-hybridized carbons (Fsp3) is 0.120. The van der Waals surface area contributed by atoms with Gasteiger partial charge in [0.15, 0.2) is 0 Å². The molecule has 0 saturated carbocycles. The molecule has 4 aromatic rings. The number of benzene rings is 4. The SMILES string of the molecule is COC(=O)[C@H](Cc1cccc2ccccc12)NC(=O)c1ccc2ccccc2c1. The Balaban J connectivity index is 1.61. The molecule has 0 unspecified atom stereocenters. The third-order valence-corrected chi connectivity index (χ3v) is 5.11. The molecule has 0 fully saturated rings. The summed E-state index contributed by atoms with van der Waals surface area (Å²) < 4.78 is 4.95. The van der Waals surface area contributed by atoms with Gasteiger partial charge in [0.25, 0.3) is 5.91 Å². The van der Waals surface area contributed by atoms with Crippen molar-refractivity contribution < 1.29 is 14.3 Å². The van der Waals surface area contributed by atoms with Gasteiger partial charge < -0.3 is 10.1 Å². The predicted octanol–water partition coefficient (Wildman–Crippen LogP) is 4.51. The van der Waals surface area contributed by atoms with Crippen LogP contribution in [0.3, 0.4) is 0 Å². The van der Waals surface area contributed by atoms with Crippen LogP contribution in [-0.2, 0) is 16.0 Å². The molecular weight excluding hydrogens is 362 g/mol. The second-order valence-electron chi connectivity index (χ2n) is 6.95. The van der Waals surface area contributed by atoms with Gasteiger partial charge in [0, 0.05) is 12.0 Å². The van der Waals surface area contributed by atoms with Gasteiger partial charge >= 0.3 is 5.97 Å². The van der Waals surface area contributed by atoms with Crippen LogP contribution >= 0.6 is 0 Å². The van der Waals surface area contributed by atoms with Crippen LogP contribution in [-0.4, -0.2) is 25.0 Å². The first-order valence-corrected chi connectivity index (χ1v) is 9.50. The Labute approximate surface area is 169 Å². The normalized spacial score (nSPS) is 11.9. The number of esters is 1. The molecule has 0 heterocycles. The summed E-state index contributed by atoms with van der Waals surface area (Å²) in [5.74, 6) is -0.765. The summed E-state index contributed by atoms with van der Waals surface area (Å²) >= 11 is 0. The van der Waals surface area contributed by atoms with Crippen LogP contribution in [0.2, 0.25) is 0 Å². The number of amides is 1. The van der Waals surface area contributed by atoms with Crippen LogP contribution in [0, 0.1) is 0 Å². The molecule has 4 rings (SSSR count). The van der Waals surface area contributed by atoms with Crippen molar-refractivity contribution in [1.29, 1.82) is 0 Å². The molecule has 0 aliphatic carbocycles. The van der Waals surface area contributed by atoms with Crippen LogP contribution in [0.15, 0.2) is 84.9 Å². The smallest absolute Gasteiger partial charge is 0.328 e. The van der Waals surface area contributed by atoms with E-state index >= 15 is 0 Å². The van der Waals surface area contributed by atoms with Crippen molar-refractivity contribution in [3.8, 4) is 0 Å². The number of fused-ring (bicyclic) bond motifs is 2. The highest BCUT2D eigenvalue weighted by molar-refractivity contribution is 6.00. The Morgan fingerprint density at radius 1 is 0.828 bits per heavy atom. The minimum Gasteiger partial charge on any atom is -0.467 e.